The van der Waals surface area contributed by atoms with E-state index in [9.17, 15) is 4.79 Å². The lowest BCUT2D eigenvalue weighted by molar-refractivity contribution is -0.140. The highest BCUT2D eigenvalue weighted by atomic mass is 16.5. The third-order valence-electron chi connectivity index (χ3n) is 4.15. The predicted octanol–water partition coefficient (Wildman–Crippen LogP) is 1.28. The Morgan fingerprint density at radius 1 is 1.25 bits per heavy atom. The Morgan fingerprint density at radius 2 is 2.08 bits per heavy atom. The van der Waals surface area contributed by atoms with Gasteiger partial charge in [0.15, 0.2) is 5.96 Å². The minimum absolute atomic E-state index is 0.130. The normalized spacial score (nSPS) is 18.0. The number of carbonyl (C=O) groups is 1. The Kier molecular flexibility index (Phi) is 11.2. The minimum Gasteiger partial charge on any atom is -0.469 e. The fourth-order valence-corrected chi connectivity index (χ4v) is 2.76. The molecule has 0 spiro atoms. The molecule has 1 fully saturated rings. The van der Waals surface area contributed by atoms with Crippen molar-refractivity contribution in [3.8, 4) is 0 Å². The highest BCUT2D eigenvalue weighted by Crippen LogP contribution is 2.16. The molecule has 1 heterocycles. The van der Waals surface area contributed by atoms with Crippen LogP contribution < -0.4 is 5.32 Å². The number of aliphatic imine (C=N–C) groups is 1. The lowest BCUT2D eigenvalue weighted by atomic mass is 10.1. The molecule has 1 rings (SSSR count). The molecule has 7 nitrogen and oxygen atoms in total. The van der Waals surface area contributed by atoms with E-state index in [0.717, 1.165) is 57.9 Å². The Morgan fingerprint density at radius 3 is 2.79 bits per heavy atom. The second-order valence-electron chi connectivity index (χ2n) is 6.03. The van der Waals surface area contributed by atoms with E-state index in [1.807, 2.05) is 7.05 Å². The van der Waals surface area contributed by atoms with Crippen molar-refractivity contribution >= 4 is 11.9 Å². The van der Waals surface area contributed by atoms with Crippen LogP contribution in [0.5, 0.6) is 0 Å². The SMILES string of the molecule is CN=C(NCCCCCC(=O)OC)N1CCC(COCCOC)C1. The maximum Gasteiger partial charge on any atom is 0.305 e. The zero-order valence-corrected chi connectivity index (χ0v) is 15.4. The van der Waals surface area contributed by atoms with Crippen LogP contribution in [0, 0.1) is 5.92 Å². The van der Waals surface area contributed by atoms with Crippen molar-refractivity contribution in [3.63, 3.8) is 0 Å². The highest BCUT2D eigenvalue weighted by molar-refractivity contribution is 5.80. The van der Waals surface area contributed by atoms with Crippen molar-refractivity contribution in [2.24, 2.45) is 10.9 Å². The number of likely N-dealkylation sites (tertiary alicyclic amines) is 1. The smallest absolute Gasteiger partial charge is 0.305 e. The number of ether oxygens (including phenoxy) is 3. The van der Waals surface area contributed by atoms with Crippen molar-refractivity contribution in [3.05, 3.63) is 0 Å². The summed E-state index contributed by atoms with van der Waals surface area (Å²) in [6.07, 6.45) is 4.54. The third kappa shape index (κ3) is 8.49. The first-order valence-electron chi connectivity index (χ1n) is 8.80. The number of rotatable bonds is 11. The largest absolute Gasteiger partial charge is 0.469 e. The van der Waals surface area contributed by atoms with Gasteiger partial charge in [0, 0.05) is 46.1 Å². The molecule has 1 aliphatic heterocycles. The fourth-order valence-electron chi connectivity index (χ4n) is 2.76. The average Bonchev–Trinajstić information content (AvgIpc) is 3.06. The van der Waals surface area contributed by atoms with Crippen LogP contribution in [0.15, 0.2) is 4.99 Å². The van der Waals surface area contributed by atoms with Gasteiger partial charge < -0.3 is 24.4 Å². The molecule has 0 aromatic heterocycles. The number of methoxy groups -OCH3 is 2. The molecule has 24 heavy (non-hydrogen) atoms. The van der Waals surface area contributed by atoms with Gasteiger partial charge in [-0.2, -0.15) is 0 Å². The molecule has 0 bridgehead atoms. The fraction of sp³-hybridized carbons (Fsp3) is 0.882. The summed E-state index contributed by atoms with van der Waals surface area (Å²) in [5, 5.41) is 3.41. The van der Waals surface area contributed by atoms with Gasteiger partial charge in [-0.05, 0) is 19.3 Å². The van der Waals surface area contributed by atoms with Gasteiger partial charge >= 0.3 is 5.97 Å². The van der Waals surface area contributed by atoms with Gasteiger partial charge in [0.1, 0.15) is 0 Å². The Labute approximate surface area is 145 Å². The zero-order chi connectivity index (χ0) is 17.6. The van der Waals surface area contributed by atoms with E-state index in [0.29, 0.717) is 25.6 Å². The van der Waals surface area contributed by atoms with E-state index in [2.05, 4.69) is 19.9 Å². The number of hydrogen-bond donors (Lipinski definition) is 1. The van der Waals surface area contributed by atoms with Crippen LogP contribution in [0.3, 0.4) is 0 Å². The number of nitrogens with zero attached hydrogens (tertiary/aromatic N) is 2. The average molecular weight is 343 g/mol. The van der Waals surface area contributed by atoms with Gasteiger partial charge in [-0.1, -0.05) is 6.42 Å². The van der Waals surface area contributed by atoms with E-state index >= 15 is 0 Å². The number of unbranched alkanes of at least 4 members (excludes halogenated alkanes) is 2. The van der Waals surface area contributed by atoms with Gasteiger partial charge in [-0.3, -0.25) is 9.79 Å². The molecule has 1 unspecified atom stereocenters. The van der Waals surface area contributed by atoms with Gasteiger partial charge in [0.2, 0.25) is 0 Å². The molecule has 0 saturated carbocycles. The van der Waals surface area contributed by atoms with Gasteiger partial charge in [0.05, 0.1) is 26.9 Å². The summed E-state index contributed by atoms with van der Waals surface area (Å²) in [5.41, 5.74) is 0. The monoisotopic (exact) mass is 343 g/mol. The van der Waals surface area contributed by atoms with Crippen molar-refractivity contribution in [1.82, 2.24) is 10.2 Å². The molecule has 1 saturated heterocycles. The number of hydrogen-bond acceptors (Lipinski definition) is 5. The lowest BCUT2D eigenvalue weighted by Crippen LogP contribution is -2.40. The van der Waals surface area contributed by atoms with Crippen LogP contribution in [-0.2, 0) is 19.0 Å². The molecule has 0 aliphatic carbocycles. The Hall–Kier alpha value is -1.34. The van der Waals surface area contributed by atoms with Crippen LogP contribution >= 0.6 is 0 Å². The molecule has 140 valence electrons. The standard InChI is InChI=1S/C17H33N3O4/c1-18-17(19-9-6-4-5-7-16(21)23-3)20-10-8-15(13-20)14-24-12-11-22-2/h15H,4-14H2,1-3H3,(H,18,19). The van der Waals surface area contributed by atoms with Gasteiger partial charge in [-0.15, -0.1) is 0 Å². The summed E-state index contributed by atoms with van der Waals surface area (Å²) in [7, 11) is 4.94. The summed E-state index contributed by atoms with van der Waals surface area (Å²) < 4.78 is 15.2. The lowest BCUT2D eigenvalue weighted by Gasteiger charge is -2.21. The molecular formula is C17H33N3O4. The molecular weight excluding hydrogens is 310 g/mol. The van der Waals surface area contributed by atoms with Crippen LogP contribution in [0.25, 0.3) is 0 Å². The maximum absolute atomic E-state index is 11.0. The van der Waals surface area contributed by atoms with E-state index in [4.69, 9.17) is 9.47 Å². The summed E-state index contributed by atoms with van der Waals surface area (Å²) in [6, 6.07) is 0. The quantitative estimate of drug-likeness (QED) is 0.264. The third-order valence-corrected chi connectivity index (χ3v) is 4.15. The first-order valence-corrected chi connectivity index (χ1v) is 8.80. The van der Waals surface area contributed by atoms with E-state index in [1.54, 1.807) is 7.11 Å². The number of esters is 1. The first kappa shape index (κ1) is 20.7. The van der Waals surface area contributed by atoms with Crippen LogP contribution in [-0.4, -0.2) is 77.6 Å². The van der Waals surface area contributed by atoms with Crippen molar-refractivity contribution < 1.29 is 19.0 Å². The van der Waals surface area contributed by atoms with Crippen molar-refractivity contribution in [2.75, 3.05) is 60.7 Å². The van der Waals surface area contributed by atoms with E-state index < -0.39 is 0 Å². The number of guanidine groups is 1. The van der Waals surface area contributed by atoms with E-state index in [-0.39, 0.29) is 5.97 Å². The summed E-state index contributed by atoms with van der Waals surface area (Å²) in [6.45, 7) is 4.96. The maximum atomic E-state index is 11.0. The van der Waals surface area contributed by atoms with Crippen LogP contribution in [0.2, 0.25) is 0 Å². The van der Waals surface area contributed by atoms with Gasteiger partial charge in [0.25, 0.3) is 0 Å². The Balaban J connectivity index is 2.13. The summed E-state index contributed by atoms with van der Waals surface area (Å²) in [4.78, 5) is 17.7. The molecule has 0 aromatic rings. The van der Waals surface area contributed by atoms with Crippen LogP contribution in [0.4, 0.5) is 0 Å². The minimum atomic E-state index is -0.130. The predicted molar refractivity (Wildman–Crippen MR) is 94.2 cm³/mol. The molecule has 1 aliphatic rings. The van der Waals surface area contributed by atoms with E-state index in [1.165, 1.54) is 7.11 Å². The number of carbonyl (C=O) groups excluding carboxylic acids is 1. The highest BCUT2D eigenvalue weighted by Gasteiger charge is 2.24. The zero-order valence-electron chi connectivity index (χ0n) is 15.4. The van der Waals surface area contributed by atoms with Gasteiger partial charge in [-0.25, -0.2) is 0 Å². The second-order valence-corrected chi connectivity index (χ2v) is 6.03. The molecule has 1 N–H and O–H groups in total. The molecule has 0 radical (unpaired) electrons. The first-order chi connectivity index (χ1) is 11.7. The van der Waals surface area contributed by atoms with Crippen LogP contribution in [0.1, 0.15) is 32.1 Å². The van der Waals surface area contributed by atoms with Crippen molar-refractivity contribution in [2.45, 2.75) is 32.1 Å². The topological polar surface area (TPSA) is 72.4 Å². The second kappa shape index (κ2) is 13.0. The Bertz CT molecular complexity index is 377. The van der Waals surface area contributed by atoms with Crippen molar-refractivity contribution in [1.29, 1.82) is 0 Å². The number of nitrogens with one attached hydrogen (secondary N) is 1. The molecule has 1 atom stereocenters. The molecule has 7 heteroatoms. The molecule has 0 aromatic carbocycles. The summed E-state index contributed by atoms with van der Waals surface area (Å²) >= 11 is 0. The molecule has 0 amide bonds. The summed E-state index contributed by atoms with van der Waals surface area (Å²) in [5.74, 6) is 1.39.